The topological polar surface area (TPSA) is 49.9 Å². The molecule has 3 rings (SSSR count). The summed E-state index contributed by atoms with van der Waals surface area (Å²) in [4.78, 5) is 24.5. The van der Waals surface area contributed by atoms with E-state index in [9.17, 15) is 9.59 Å². The van der Waals surface area contributed by atoms with Gasteiger partial charge in [-0.1, -0.05) is 60.7 Å². The smallest absolute Gasteiger partial charge is 0.432 e. The van der Waals surface area contributed by atoms with E-state index in [1.54, 1.807) is 18.1 Å². The highest BCUT2D eigenvalue weighted by atomic mass is 16.6. The molecule has 0 bridgehead atoms. The molecule has 0 saturated carbocycles. The van der Waals surface area contributed by atoms with Gasteiger partial charge in [0.25, 0.3) is 5.91 Å². The van der Waals surface area contributed by atoms with Crippen molar-refractivity contribution in [1.29, 1.82) is 0 Å². The molecular formula is C19H18N2O3. The third-order valence-corrected chi connectivity index (χ3v) is 3.92. The lowest BCUT2D eigenvalue weighted by molar-refractivity contribution is -0.149. The Bertz CT molecular complexity index is 744. The number of hydrogen-bond acceptors (Lipinski definition) is 4. The second-order valence-electron chi connectivity index (χ2n) is 5.47. The molecule has 1 saturated heterocycles. The maximum absolute atomic E-state index is 12.5. The molecule has 0 aliphatic carbocycles. The number of likely N-dealkylation sites (N-methyl/N-ethyl adjacent to an activating group) is 1. The quantitative estimate of drug-likeness (QED) is 0.814. The SMILES string of the molecule is CN1C(c2ccccc2)COC(=O)N1C(=O)/C=C/c1ccccc1. The Morgan fingerprint density at radius 2 is 1.71 bits per heavy atom. The van der Waals surface area contributed by atoms with E-state index in [1.165, 1.54) is 6.08 Å². The highest BCUT2D eigenvalue weighted by Crippen LogP contribution is 2.26. The molecule has 1 atom stereocenters. The number of cyclic esters (lactones) is 1. The average Bonchev–Trinajstić information content (AvgIpc) is 2.62. The summed E-state index contributed by atoms with van der Waals surface area (Å²) in [5, 5.41) is 2.65. The molecule has 1 aliphatic rings. The lowest BCUT2D eigenvalue weighted by atomic mass is 10.1. The van der Waals surface area contributed by atoms with E-state index >= 15 is 0 Å². The van der Waals surface area contributed by atoms with Gasteiger partial charge in [-0.25, -0.2) is 9.80 Å². The third-order valence-electron chi connectivity index (χ3n) is 3.92. The van der Waals surface area contributed by atoms with E-state index in [4.69, 9.17) is 4.74 Å². The second-order valence-corrected chi connectivity index (χ2v) is 5.47. The van der Waals surface area contributed by atoms with E-state index in [-0.39, 0.29) is 12.6 Å². The number of rotatable bonds is 3. The Hall–Kier alpha value is -2.92. The maximum atomic E-state index is 12.5. The van der Waals surface area contributed by atoms with Crippen LogP contribution in [0.15, 0.2) is 66.7 Å². The standard InChI is InChI=1S/C19H18N2O3/c1-20-17(16-10-6-3-7-11-16)14-24-19(23)21(20)18(22)13-12-15-8-4-2-5-9-15/h2-13,17H,14H2,1H3/b13-12+. The van der Waals surface area contributed by atoms with Crippen LogP contribution in [0.5, 0.6) is 0 Å². The van der Waals surface area contributed by atoms with E-state index < -0.39 is 12.0 Å². The van der Waals surface area contributed by atoms with E-state index in [2.05, 4.69) is 0 Å². The number of ether oxygens (including phenoxy) is 1. The van der Waals surface area contributed by atoms with Crippen molar-refractivity contribution in [2.75, 3.05) is 13.7 Å². The minimum Gasteiger partial charge on any atom is -0.446 e. The van der Waals surface area contributed by atoms with Gasteiger partial charge in [0, 0.05) is 13.1 Å². The number of benzene rings is 2. The van der Waals surface area contributed by atoms with Crippen LogP contribution in [0.25, 0.3) is 6.08 Å². The molecule has 2 aromatic rings. The van der Waals surface area contributed by atoms with Crippen LogP contribution < -0.4 is 0 Å². The zero-order valence-corrected chi connectivity index (χ0v) is 13.3. The average molecular weight is 322 g/mol. The van der Waals surface area contributed by atoms with Gasteiger partial charge in [0.15, 0.2) is 0 Å². The summed E-state index contributed by atoms with van der Waals surface area (Å²) >= 11 is 0. The fraction of sp³-hybridized carbons (Fsp3) is 0.158. The van der Waals surface area contributed by atoms with Crippen molar-refractivity contribution in [3.63, 3.8) is 0 Å². The summed E-state index contributed by atoms with van der Waals surface area (Å²) in [5.74, 6) is -0.438. The lowest BCUT2D eigenvalue weighted by Crippen LogP contribution is -2.54. The van der Waals surface area contributed by atoms with Gasteiger partial charge in [-0.15, -0.1) is 0 Å². The molecule has 0 spiro atoms. The normalized spacial score (nSPS) is 18.6. The number of nitrogens with zero attached hydrogens (tertiary/aromatic N) is 2. The number of carbonyl (C=O) groups excluding carboxylic acids is 2. The van der Waals surface area contributed by atoms with Gasteiger partial charge in [0.2, 0.25) is 0 Å². The molecule has 1 aliphatic heterocycles. The number of imide groups is 1. The van der Waals surface area contributed by atoms with Gasteiger partial charge in [-0.3, -0.25) is 4.79 Å². The Labute approximate surface area is 140 Å². The Morgan fingerprint density at radius 3 is 2.38 bits per heavy atom. The second kappa shape index (κ2) is 7.10. The first-order valence-electron chi connectivity index (χ1n) is 7.68. The fourth-order valence-corrected chi connectivity index (χ4v) is 2.62. The van der Waals surface area contributed by atoms with Crippen LogP contribution in [0.2, 0.25) is 0 Å². The summed E-state index contributed by atoms with van der Waals surface area (Å²) in [6, 6.07) is 18.9. The summed E-state index contributed by atoms with van der Waals surface area (Å²) in [7, 11) is 1.71. The first-order chi connectivity index (χ1) is 11.7. The Morgan fingerprint density at radius 1 is 1.08 bits per heavy atom. The van der Waals surface area contributed by atoms with Crippen molar-refractivity contribution in [3.8, 4) is 0 Å². The molecular weight excluding hydrogens is 304 g/mol. The fourth-order valence-electron chi connectivity index (χ4n) is 2.62. The predicted octanol–water partition coefficient (Wildman–Crippen LogP) is 3.27. The van der Waals surface area contributed by atoms with Crippen molar-refractivity contribution in [2.45, 2.75) is 6.04 Å². The molecule has 1 unspecified atom stereocenters. The zero-order valence-electron chi connectivity index (χ0n) is 13.3. The van der Waals surface area contributed by atoms with Crippen molar-refractivity contribution in [2.24, 2.45) is 0 Å². The number of amides is 2. The molecule has 2 amide bonds. The molecule has 1 fully saturated rings. The van der Waals surface area contributed by atoms with Crippen molar-refractivity contribution >= 4 is 18.1 Å². The maximum Gasteiger partial charge on any atom is 0.432 e. The van der Waals surface area contributed by atoms with Gasteiger partial charge in [-0.2, -0.15) is 5.01 Å². The van der Waals surface area contributed by atoms with Crippen molar-refractivity contribution in [3.05, 3.63) is 77.9 Å². The number of hydrogen-bond donors (Lipinski definition) is 0. The van der Waals surface area contributed by atoms with Crippen LogP contribution in [0.3, 0.4) is 0 Å². The van der Waals surface area contributed by atoms with Crippen LogP contribution in [-0.2, 0) is 9.53 Å². The summed E-state index contributed by atoms with van der Waals surface area (Å²) in [5.41, 5.74) is 1.87. The Balaban J connectivity index is 1.79. The van der Waals surface area contributed by atoms with Gasteiger partial charge in [0.05, 0.1) is 6.04 Å². The van der Waals surface area contributed by atoms with E-state index in [0.29, 0.717) is 0 Å². The van der Waals surface area contributed by atoms with Crippen molar-refractivity contribution < 1.29 is 14.3 Å². The Kier molecular flexibility index (Phi) is 4.72. The molecule has 5 nitrogen and oxygen atoms in total. The van der Waals surface area contributed by atoms with E-state index in [1.807, 2.05) is 60.7 Å². The van der Waals surface area contributed by atoms with Crippen LogP contribution >= 0.6 is 0 Å². The van der Waals surface area contributed by atoms with Crippen molar-refractivity contribution in [1.82, 2.24) is 10.0 Å². The summed E-state index contributed by atoms with van der Waals surface area (Å²) in [6.07, 6.45) is 2.39. The van der Waals surface area contributed by atoms with Crippen LogP contribution in [-0.4, -0.2) is 35.7 Å². The first kappa shape index (κ1) is 16.0. The molecule has 0 radical (unpaired) electrons. The van der Waals surface area contributed by atoms with Crippen LogP contribution in [0.4, 0.5) is 4.79 Å². The van der Waals surface area contributed by atoms with Gasteiger partial charge < -0.3 is 4.74 Å². The van der Waals surface area contributed by atoms with Crippen LogP contribution in [0.1, 0.15) is 17.2 Å². The number of carbonyl (C=O) groups is 2. The zero-order chi connectivity index (χ0) is 16.9. The first-order valence-corrected chi connectivity index (χ1v) is 7.68. The molecule has 2 aromatic carbocycles. The van der Waals surface area contributed by atoms with Gasteiger partial charge in [-0.05, 0) is 17.2 Å². The molecule has 0 aromatic heterocycles. The highest BCUT2D eigenvalue weighted by Gasteiger charge is 2.36. The molecule has 0 N–H and O–H groups in total. The largest absolute Gasteiger partial charge is 0.446 e. The minimum atomic E-state index is -0.660. The van der Waals surface area contributed by atoms with Crippen LogP contribution in [0, 0.1) is 0 Å². The summed E-state index contributed by atoms with van der Waals surface area (Å²) < 4.78 is 5.19. The number of hydrazine groups is 1. The molecule has 122 valence electrons. The highest BCUT2D eigenvalue weighted by molar-refractivity contribution is 6.00. The lowest BCUT2D eigenvalue weighted by Gasteiger charge is -2.39. The minimum absolute atomic E-state index is 0.196. The molecule has 5 heteroatoms. The van der Waals surface area contributed by atoms with Gasteiger partial charge >= 0.3 is 6.09 Å². The molecule has 1 heterocycles. The third kappa shape index (κ3) is 3.36. The van der Waals surface area contributed by atoms with Gasteiger partial charge in [0.1, 0.15) is 6.61 Å². The van der Waals surface area contributed by atoms with E-state index in [0.717, 1.165) is 16.1 Å². The predicted molar refractivity (Wildman–Crippen MR) is 90.6 cm³/mol. The monoisotopic (exact) mass is 322 g/mol. The molecule has 24 heavy (non-hydrogen) atoms. The summed E-state index contributed by atoms with van der Waals surface area (Å²) in [6.45, 7) is 0.214.